The molecule has 122 valence electrons. The fourth-order valence-electron chi connectivity index (χ4n) is 2.63. The summed E-state index contributed by atoms with van der Waals surface area (Å²) in [5.74, 6) is -0.883. The summed E-state index contributed by atoms with van der Waals surface area (Å²) in [4.78, 5) is 12.1. The van der Waals surface area contributed by atoms with Crippen LogP contribution in [0, 0.1) is 28.6 Å². The van der Waals surface area contributed by atoms with Crippen molar-refractivity contribution in [3.05, 3.63) is 59.4 Å². The van der Waals surface area contributed by atoms with E-state index in [0.717, 1.165) is 31.8 Å². The van der Waals surface area contributed by atoms with Crippen LogP contribution in [0.1, 0.15) is 41.6 Å². The second kappa shape index (κ2) is 8.64. The summed E-state index contributed by atoms with van der Waals surface area (Å²) in [6.45, 7) is 0. The molecule has 0 heterocycles. The third-order valence-corrected chi connectivity index (χ3v) is 3.97. The summed E-state index contributed by atoms with van der Waals surface area (Å²) >= 11 is 0. The van der Waals surface area contributed by atoms with E-state index in [2.05, 4.69) is 0 Å². The normalized spacial score (nSPS) is 21.0. The van der Waals surface area contributed by atoms with Gasteiger partial charge in [0.1, 0.15) is 12.2 Å². The van der Waals surface area contributed by atoms with Crippen molar-refractivity contribution in [2.75, 3.05) is 0 Å². The number of benzene rings is 1. The van der Waals surface area contributed by atoms with Crippen molar-refractivity contribution in [1.29, 1.82) is 10.5 Å². The van der Waals surface area contributed by atoms with Crippen LogP contribution in [0.2, 0.25) is 0 Å². The van der Waals surface area contributed by atoms with Gasteiger partial charge < -0.3 is 4.74 Å². The molecule has 0 radical (unpaired) electrons. The fourth-order valence-corrected chi connectivity index (χ4v) is 2.63. The highest BCUT2D eigenvalue weighted by atomic mass is 19.1. The summed E-state index contributed by atoms with van der Waals surface area (Å²) in [5.41, 5.74) is 0.939. The van der Waals surface area contributed by atoms with E-state index in [1.807, 2.05) is 12.1 Å². The highest BCUT2D eigenvalue weighted by molar-refractivity contribution is 5.89. The maximum absolute atomic E-state index is 12.7. The zero-order valence-electron chi connectivity index (χ0n) is 13.1. The lowest BCUT2D eigenvalue weighted by molar-refractivity contribution is 0.0185. The number of hydrogen-bond donors (Lipinski definition) is 0. The van der Waals surface area contributed by atoms with E-state index in [9.17, 15) is 9.18 Å². The van der Waals surface area contributed by atoms with E-state index in [1.54, 1.807) is 30.3 Å². The number of rotatable bonds is 4. The maximum atomic E-state index is 12.7. The lowest BCUT2D eigenvalue weighted by atomic mass is 9.87. The number of allylic oxidation sites excluding steroid dienone is 4. The predicted molar refractivity (Wildman–Crippen MR) is 86.3 cm³/mol. The summed E-state index contributed by atoms with van der Waals surface area (Å²) in [7, 11) is 0. The van der Waals surface area contributed by atoms with Crippen molar-refractivity contribution < 1.29 is 13.9 Å². The zero-order valence-corrected chi connectivity index (χ0v) is 13.1. The number of hydrogen-bond acceptors (Lipinski definition) is 4. The minimum atomic E-state index is -0.809. The first kappa shape index (κ1) is 17.4. The molecule has 0 N–H and O–H groups in total. The molecule has 0 spiro atoms. The molecule has 0 aromatic heterocycles. The van der Waals surface area contributed by atoms with Crippen LogP contribution in [-0.2, 0) is 4.74 Å². The van der Waals surface area contributed by atoms with Gasteiger partial charge in [0.25, 0.3) is 0 Å². The van der Waals surface area contributed by atoms with E-state index in [1.165, 1.54) is 6.07 Å². The Labute approximate surface area is 140 Å². The van der Waals surface area contributed by atoms with Gasteiger partial charge in [0, 0.05) is 0 Å². The van der Waals surface area contributed by atoms with Crippen molar-refractivity contribution >= 4 is 5.97 Å². The quantitative estimate of drug-likeness (QED) is 0.472. The third kappa shape index (κ3) is 5.07. The van der Waals surface area contributed by atoms with Crippen molar-refractivity contribution in [2.24, 2.45) is 5.92 Å². The smallest absolute Gasteiger partial charge is 0.338 e. The van der Waals surface area contributed by atoms with Crippen LogP contribution in [0.5, 0.6) is 0 Å². The SMILES string of the molecule is N#CC(F)=CC=C[C@H]1CC[C@H](OC(=O)c2ccc(C#N)cc2)CC1. The van der Waals surface area contributed by atoms with Gasteiger partial charge >= 0.3 is 5.97 Å². The van der Waals surface area contributed by atoms with E-state index in [4.69, 9.17) is 15.3 Å². The number of halogens is 1. The Kier molecular flexibility index (Phi) is 6.28. The molecule has 2 rings (SSSR count). The van der Waals surface area contributed by atoms with Crippen LogP contribution in [0.15, 0.2) is 48.3 Å². The minimum Gasteiger partial charge on any atom is -0.459 e. The van der Waals surface area contributed by atoms with Crippen LogP contribution in [0.3, 0.4) is 0 Å². The van der Waals surface area contributed by atoms with Crippen LogP contribution in [0.4, 0.5) is 4.39 Å². The van der Waals surface area contributed by atoms with Crippen LogP contribution >= 0.6 is 0 Å². The topological polar surface area (TPSA) is 73.9 Å². The van der Waals surface area contributed by atoms with Gasteiger partial charge in [-0.05, 0) is 61.9 Å². The molecule has 1 aliphatic carbocycles. The van der Waals surface area contributed by atoms with E-state index in [0.29, 0.717) is 17.0 Å². The van der Waals surface area contributed by atoms with E-state index < -0.39 is 5.83 Å². The first-order valence-electron chi connectivity index (χ1n) is 7.77. The standard InChI is InChI=1S/C19H17FN2O2/c20-17(13-22)3-1-2-14-6-10-18(11-7-14)24-19(23)16-8-4-15(12-21)5-9-16/h1-5,8-9,14,18H,6-7,10-11H2/t14-,18-. The predicted octanol–water partition coefficient (Wildman–Crippen LogP) is 4.21. The van der Waals surface area contributed by atoms with Crippen molar-refractivity contribution in [1.82, 2.24) is 0 Å². The Morgan fingerprint density at radius 1 is 1.17 bits per heavy atom. The average molecular weight is 324 g/mol. The average Bonchev–Trinajstić information content (AvgIpc) is 2.63. The second-order valence-corrected chi connectivity index (χ2v) is 5.64. The molecule has 1 saturated carbocycles. The number of carbonyl (C=O) groups excluding carboxylic acids is 1. The molecule has 0 unspecified atom stereocenters. The van der Waals surface area contributed by atoms with Gasteiger partial charge in [-0.1, -0.05) is 12.2 Å². The first-order chi connectivity index (χ1) is 11.6. The number of esters is 1. The highest BCUT2D eigenvalue weighted by Gasteiger charge is 2.23. The Morgan fingerprint density at radius 3 is 2.42 bits per heavy atom. The Balaban J connectivity index is 1.81. The number of nitrogens with zero attached hydrogens (tertiary/aromatic N) is 2. The number of carbonyl (C=O) groups is 1. The van der Waals surface area contributed by atoms with Crippen LogP contribution in [-0.4, -0.2) is 12.1 Å². The maximum Gasteiger partial charge on any atom is 0.338 e. The van der Waals surface area contributed by atoms with Crippen molar-refractivity contribution in [3.8, 4) is 12.1 Å². The van der Waals surface area contributed by atoms with Gasteiger partial charge in [0.15, 0.2) is 5.83 Å². The molecule has 0 atom stereocenters. The summed E-state index contributed by atoms with van der Waals surface area (Å²) in [5, 5.41) is 17.1. The van der Waals surface area contributed by atoms with Crippen molar-refractivity contribution in [2.45, 2.75) is 31.8 Å². The molecule has 0 aliphatic heterocycles. The van der Waals surface area contributed by atoms with Gasteiger partial charge in [0.2, 0.25) is 0 Å². The first-order valence-corrected chi connectivity index (χ1v) is 7.77. The molecule has 1 aromatic rings. The molecular formula is C19H17FN2O2. The van der Waals surface area contributed by atoms with Gasteiger partial charge in [-0.15, -0.1) is 0 Å². The summed E-state index contributed by atoms with van der Waals surface area (Å²) < 4.78 is 18.2. The lowest BCUT2D eigenvalue weighted by Crippen LogP contribution is -2.24. The van der Waals surface area contributed by atoms with Crippen LogP contribution in [0.25, 0.3) is 0 Å². The lowest BCUT2D eigenvalue weighted by Gasteiger charge is -2.26. The van der Waals surface area contributed by atoms with Crippen LogP contribution < -0.4 is 0 Å². The molecular weight excluding hydrogens is 307 g/mol. The van der Waals surface area contributed by atoms with Gasteiger partial charge in [-0.2, -0.15) is 14.9 Å². The highest BCUT2D eigenvalue weighted by Crippen LogP contribution is 2.27. The molecule has 5 heteroatoms. The number of ether oxygens (including phenoxy) is 1. The monoisotopic (exact) mass is 324 g/mol. The molecule has 1 aliphatic rings. The molecule has 1 fully saturated rings. The van der Waals surface area contributed by atoms with Gasteiger partial charge in [0.05, 0.1) is 17.2 Å². The third-order valence-electron chi connectivity index (χ3n) is 3.97. The fraction of sp³-hybridized carbons (Fsp3) is 0.316. The van der Waals surface area contributed by atoms with Gasteiger partial charge in [-0.3, -0.25) is 0 Å². The van der Waals surface area contributed by atoms with Crippen molar-refractivity contribution in [3.63, 3.8) is 0 Å². The number of nitriles is 2. The molecule has 4 nitrogen and oxygen atoms in total. The van der Waals surface area contributed by atoms with E-state index in [-0.39, 0.29) is 12.1 Å². The minimum absolute atomic E-state index is 0.121. The molecule has 1 aromatic carbocycles. The summed E-state index contributed by atoms with van der Waals surface area (Å²) in [6, 6.07) is 9.78. The Morgan fingerprint density at radius 2 is 1.83 bits per heavy atom. The summed E-state index contributed by atoms with van der Waals surface area (Å²) in [6.07, 6.45) is 7.68. The Hall–Kier alpha value is -2.92. The Bertz CT molecular complexity index is 715. The second-order valence-electron chi connectivity index (χ2n) is 5.64. The molecule has 0 amide bonds. The molecule has 24 heavy (non-hydrogen) atoms. The molecule has 0 saturated heterocycles. The zero-order chi connectivity index (χ0) is 17.4. The van der Waals surface area contributed by atoms with Gasteiger partial charge in [-0.25, -0.2) is 4.79 Å². The largest absolute Gasteiger partial charge is 0.459 e. The molecule has 0 bridgehead atoms. The van der Waals surface area contributed by atoms with E-state index >= 15 is 0 Å².